The number of aliphatic carboxylic acids is 1. The Morgan fingerprint density at radius 1 is 1.43 bits per heavy atom. The molecule has 2 fully saturated rings. The van der Waals surface area contributed by atoms with E-state index in [0.29, 0.717) is 5.82 Å². The average molecular weight is 404 g/mol. The van der Waals surface area contributed by atoms with Gasteiger partial charge in [0.2, 0.25) is 5.91 Å². The fourth-order valence-electron chi connectivity index (χ4n) is 4.37. The van der Waals surface area contributed by atoms with E-state index in [2.05, 4.69) is 9.88 Å². The van der Waals surface area contributed by atoms with Gasteiger partial charge in [0.1, 0.15) is 11.5 Å². The minimum absolute atomic E-state index is 0.0799. The molecule has 1 aromatic heterocycles. The number of carbonyl (C=O) groups is 2. The molecule has 8 nitrogen and oxygen atoms in total. The van der Waals surface area contributed by atoms with Gasteiger partial charge in [0.25, 0.3) is 0 Å². The van der Waals surface area contributed by atoms with E-state index in [1.807, 2.05) is 13.0 Å². The maximum absolute atomic E-state index is 12.4. The van der Waals surface area contributed by atoms with Crippen LogP contribution < -0.4 is 5.73 Å². The molecule has 9 heteroatoms. The third-order valence-electron chi connectivity index (χ3n) is 5.78. The molecular formula is C19H24N4O4S. The van der Waals surface area contributed by atoms with Crippen LogP contribution in [0.4, 0.5) is 5.82 Å². The first-order chi connectivity index (χ1) is 13.3. The number of thioether (sulfide) groups is 1. The van der Waals surface area contributed by atoms with Gasteiger partial charge in [-0.3, -0.25) is 9.69 Å². The number of anilines is 1. The number of fused-ring (bicyclic) bond motifs is 1. The molecule has 1 amide bonds. The van der Waals surface area contributed by atoms with Gasteiger partial charge in [-0.2, -0.15) is 0 Å². The Morgan fingerprint density at radius 2 is 2.14 bits per heavy atom. The first-order valence-corrected chi connectivity index (χ1v) is 10.2. The molecule has 0 aromatic carbocycles. The standard InChI is InChI=1S/C19H24N4O4S/c1-9-15-14(10(2)24)18(25)23(15)16(19(26)27)17(9)28-12-7-22(8-12)6-11-3-4-13(20)21-5-11/h3-5,9-10,12,14-15,24H,6-8H2,1-2H3,(H2,20,21)(H,26,27)/t9-,10?,14-,15-/m1/s1. The highest BCUT2D eigenvalue weighted by atomic mass is 32.2. The number of aliphatic hydroxyl groups is 1. The second-order valence-corrected chi connectivity index (χ2v) is 9.14. The van der Waals surface area contributed by atoms with Crippen LogP contribution in [-0.4, -0.2) is 67.4 Å². The molecule has 0 aliphatic carbocycles. The predicted octanol–water partition coefficient (Wildman–Crippen LogP) is 0.735. The predicted molar refractivity (Wildman–Crippen MR) is 105 cm³/mol. The lowest BCUT2D eigenvalue weighted by Gasteiger charge is -2.46. The lowest BCUT2D eigenvalue weighted by Crippen LogP contribution is -2.63. The molecule has 4 rings (SSSR count). The molecule has 0 radical (unpaired) electrons. The van der Waals surface area contributed by atoms with E-state index < -0.39 is 18.0 Å². The van der Waals surface area contributed by atoms with Crippen molar-refractivity contribution in [3.05, 3.63) is 34.5 Å². The molecule has 3 aliphatic heterocycles. The van der Waals surface area contributed by atoms with Crippen molar-refractivity contribution in [2.24, 2.45) is 11.8 Å². The number of carbonyl (C=O) groups excluding carboxylic acids is 1. The summed E-state index contributed by atoms with van der Waals surface area (Å²) in [6.07, 6.45) is 0.996. The molecule has 4 atom stereocenters. The van der Waals surface area contributed by atoms with Crippen LogP contribution >= 0.6 is 11.8 Å². The van der Waals surface area contributed by atoms with E-state index in [1.54, 1.807) is 30.9 Å². The molecule has 1 unspecified atom stereocenters. The normalized spacial score (nSPS) is 28.8. The number of pyridine rings is 1. The Morgan fingerprint density at radius 3 is 2.71 bits per heavy atom. The van der Waals surface area contributed by atoms with Crippen LogP contribution in [0.1, 0.15) is 19.4 Å². The summed E-state index contributed by atoms with van der Waals surface area (Å²) >= 11 is 1.56. The summed E-state index contributed by atoms with van der Waals surface area (Å²) in [4.78, 5) is 32.7. The molecule has 1 aromatic rings. The summed E-state index contributed by atoms with van der Waals surface area (Å²) in [5.41, 5.74) is 6.80. The number of aliphatic hydroxyl groups excluding tert-OH is 1. The second-order valence-electron chi connectivity index (χ2n) is 7.80. The average Bonchev–Trinajstić information content (AvgIpc) is 2.83. The first-order valence-electron chi connectivity index (χ1n) is 9.36. The van der Waals surface area contributed by atoms with E-state index in [0.717, 1.165) is 30.1 Å². The van der Waals surface area contributed by atoms with Crippen molar-refractivity contribution in [1.29, 1.82) is 0 Å². The van der Waals surface area contributed by atoms with Gasteiger partial charge in [0, 0.05) is 41.9 Å². The fourth-order valence-corrected chi connectivity index (χ4v) is 5.95. The highest BCUT2D eigenvalue weighted by Crippen LogP contribution is 2.51. The Labute approximate surface area is 167 Å². The summed E-state index contributed by atoms with van der Waals surface area (Å²) in [6.45, 7) is 6.01. The van der Waals surface area contributed by atoms with Crippen molar-refractivity contribution < 1.29 is 19.8 Å². The minimum atomic E-state index is -1.07. The topological polar surface area (TPSA) is 120 Å². The molecule has 3 aliphatic rings. The van der Waals surface area contributed by atoms with E-state index >= 15 is 0 Å². The Balaban J connectivity index is 1.41. The number of hydrogen-bond acceptors (Lipinski definition) is 7. The summed E-state index contributed by atoms with van der Waals surface area (Å²) in [5.74, 6) is -1.45. The number of amides is 1. The van der Waals surface area contributed by atoms with Crippen LogP contribution in [0.2, 0.25) is 0 Å². The molecule has 4 heterocycles. The Hall–Kier alpha value is -2.10. The van der Waals surface area contributed by atoms with Crippen LogP contribution in [0, 0.1) is 11.8 Å². The monoisotopic (exact) mass is 404 g/mol. The van der Waals surface area contributed by atoms with Gasteiger partial charge in [0.05, 0.1) is 18.1 Å². The minimum Gasteiger partial charge on any atom is -0.477 e. The number of rotatable bonds is 6. The third kappa shape index (κ3) is 3.07. The van der Waals surface area contributed by atoms with Crippen molar-refractivity contribution in [2.75, 3.05) is 18.8 Å². The quantitative estimate of drug-likeness (QED) is 0.594. The van der Waals surface area contributed by atoms with E-state index in [1.165, 1.54) is 4.90 Å². The lowest BCUT2D eigenvalue weighted by atomic mass is 9.79. The zero-order valence-corrected chi connectivity index (χ0v) is 16.6. The van der Waals surface area contributed by atoms with Gasteiger partial charge in [0.15, 0.2) is 0 Å². The zero-order valence-electron chi connectivity index (χ0n) is 15.8. The summed E-state index contributed by atoms with van der Waals surface area (Å²) < 4.78 is 0. The van der Waals surface area contributed by atoms with Crippen molar-refractivity contribution in [3.8, 4) is 0 Å². The number of carboxylic acid groups (broad SMARTS) is 1. The fraction of sp³-hybridized carbons (Fsp3) is 0.526. The van der Waals surface area contributed by atoms with Crippen LogP contribution in [0.15, 0.2) is 28.9 Å². The number of nitrogens with two attached hydrogens (primary N) is 1. The van der Waals surface area contributed by atoms with Gasteiger partial charge in [-0.25, -0.2) is 9.78 Å². The highest BCUT2D eigenvalue weighted by molar-refractivity contribution is 8.03. The third-order valence-corrected chi connectivity index (χ3v) is 7.23. The summed E-state index contributed by atoms with van der Waals surface area (Å²) in [5, 5.41) is 19.9. The summed E-state index contributed by atoms with van der Waals surface area (Å²) in [6, 6.07) is 3.49. The van der Waals surface area contributed by atoms with Gasteiger partial charge >= 0.3 is 5.97 Å². The lowest BCUT2D eigenvalue weighted by molar-refractivity contribution is -0.163. The number of hydrogen-bond donors (Lipinski definition) is 3. The molecule has 150 valence electrons. The largest absolute Gasteiger partial charge is 0.477 e. The number of β-lactam (4-membered cyclic amide) rings is 1. The van der Waals surface area contributed by atoms with Crippen LogP contribution in [0.3, 0.4) is 0 Å². The zero-order chi connectivity index (χ0) is 20.2. The van der Waals surface area contributed by atoms with Crippen LogP contribution in [0.25, 0.3) is 0 Å². The molecule has 4 N–H and O–H groups in total. The van der Waals surface area contributed by atoms with Gasteiger partial charge in [-0.15, -0.1) is 11.8 Å². The highest BCUT2D eigenvalue weighted by Gasteiger charge is 2.60. The molecule has 0 spiro atoms. The van der Waals surface area contributed by atoms with Crippen LogP contribution in [-0.2, 0) is 16.1 Å². The number of carboxylic acids is 1. The molecular weight excluding hydrogens is 380 g/mol. The smallest absolute Gasteiger partial charge is 0.353 e. The molecule has 0 saturated carbocycles. The second kappa shape index (κ2) is 7.06. The Bertz CT molecular complexity index is 835. The van der Waals surface area contributed by atoms with Gasteiger partial charge in [-0.1, -0.05) is 13.0 Å². The van der Waals surface area contributed by atoms with Gasteiger partial charge in [-0.05, 0) is 18.6 Å². The van der Waals surface area contributed by atoms with E-state index in [9.17, 15) is 19.8 Å². The Kier molecular flexibility index (Phi) is 4.84. The molecule has 0 bridgehead atoms. The van der Waals surface area contributed by atoms with Crippen molar-refractivity contribution in [1.82, 2.24) is 14.8 Å². The number of likely N-dealkylation sites (tertiary alicyclic amines) is 1. The number of nitrogens with zero attached hydrogens (tertiary/aromatic N) is 3. The maximum Gasteiger partial charge on any atom is 0.353 e. The summed E-state index contributed by atoms with van der Waals surface area (Å²) in [7, 11) is 0. The van der Waals surface area contributed by atoms with Crippen molar-refractivity contribution in [3.63, 3.8) is 0 Å². The van der Waals surface area contributed by atoms with Crippen LogP contribution in [0.5, 0.6) is 0 Å². The van der Waals surface area contributed by atoms with Gasteiger partial charge < -0.3 is 20.8 Å². The SMILES string of the molecule is CC(O)[C@H]1C(=O)N2C(C(=O)O)=C(SC3CN(Cc4ccc(N)nc4)C3)[C@H](C)[C@H]12. The van der Waals surface area contributed by atoms with E-state index in [4.69, 9.17) is 5.73 Å². The number of nitrogen functional groups attached to an aromatic ring is 1. The van der Waals surface area contributed by atoms with Crippen molar-refractivity contribution >= 4 is 29.5 Å². The molecule has 28 heavy (non-hydrogen) atoms. The maximum atomic E-state index is 12.4. The van der Waals surface area contributed by atoms with E-state index in [-0.39, 0.29) is 28.8 Å². The van der Waals surface area contributed by atoms with Crippen molar-refractivity contribution in [2.45, 2.75) is 37.8 Å². The first kappa shape index (κ1) is 19.2. The number of aromatic nitrogens is 1. The molecule has 2 saturated heterocycles.